The van der Waals surface area contributed by atoms with Crippen LogP contribution in [0.3, 0.4) is 0 Å². The van der Waals surface area contributed by atoms with Crippen LogP contribution < -0.4 is 10.9 Å². The Morgan fingerprint density at radius 2 is 2.16 bits per heavy atom. The van der Waals surface area contributed by atoms with E-state index in [-0.39, 0.29) is 30.3 Å². The molecule has 0 bridgehead atoms. The topological polar surface area (TPSA) is 101 Å². The van der Waals surface area contributed by atoms with E-state index in [0.717, 1.165) is 35.0 Å². The fourth-order valence-electron chi connectivity index (χ4n) is 3.05. The maximum atomic E-state index is 12.3. The number of aryl methyl sites for hydroxylation is 3. The quantitative estimate of drug-likeness (QED) is 0.573. The van der Waals surface area contributed by atoms with Gasteiger partial charge in [0, 0.05) is 30.7 Å². The van der Waals surface area contributed by atoms with E-state index in [4.69, 9.17) is 0 Å². The zero-order chi connectivity index (χ0) is 17.8. The normalized spacial score (nSPS) is 13.0. The third-order valence-electron chi connectivity index (χ3n) is 4.32. The van der Waals surface area contributed by atoms with Crippen molar-refractivity contribution in [1.82, 2.24) is 15.3 Å². The number of aromatic nitrogens is 2. The molecular weight excluding hydrogens is 342 g/mol. The monoisotopic (exact) mass is 363 g/mol. The van der Waals surface area contributed by atoms with Crippen LogP contribution in [0.1, 0.15) is 41.9 Å². The molecule has 3 rings (SSSR count). The Labute approximate surface area is 148 Å². The van der Waals surface area contributed by atoms with Crippen LogP contribution >= 0.6 is 11.3 Å². The van der Waals surface area contributed by atoms with Crippen molar-refractivity contribution in [2.24, 2.45) is 0 Å². The summed E-state index contributed by atoms with van der Waals surface area (Å²) in [7, 11) is 1.34. The van der Waals surface area contributed by atoms with Crippen molar-refractivity contribution in [3.05, 3.63) is 26.6 Å². The summed E-state index contributed by atoms with van der Waals surface area (Å²) in [5, 5.41) is 3.48. The van der Waals surface area contributed by atoms with Crippen LogP contribution in [0.4, 0.5) is 0 Å². The molecule has 0 unspecified atom stereocenters. The highest BCUT2D eigenvalue weighted by molar-refractivity contribution is 7.18. The molecule has 0 spiro atoms. The van der Waals surface area contributed by atoms with Crippen LogP contribution in [0.15, 0.2) is 4.79 Å². The lowest BCUT2D eigenvalue weighted by atomic mass is 10.2. The van der Waals surface area contributed by atoms with E-state index in [2.05, 4.69) is 20.0 Å². The van der Waals surface area contributed by atoms with E-state index < -0.39 is 0 Å². The van der Waals surface area contributed by atoms with Crippen molar-refractivity contribution in [3.63, 3.8) is 0 Å². The number of nitrogens with one attached hydrogen (secondary N) is 2. The second kappa shape index (κ2) is 7.77. The molecule has 2 aromatic heterocycles. The molecule has 0 saturated carbocycles. The lowest BCUT2D eigenvalue weighted by Crippen LogP contribution is -2.25. The van der Waals surface area contributed by atoms with E-state index in [0.29, 0.717) is 25.2 Å². The summed E-state index contributed by atoms with van der Waals surface area (Å²) in [4.78, 5) is 44.6. The van der Waals surface area contributed by atoms with Gasteiger partial charge in [0.05, 0.1) is 12.5 Å². The first-order valence-corrected chi connectivity index (χ1v) is 9.27. The Kier molecular flexibility index (Phi) is 5.47. The second-order valence-corrected chi connectivity index (χ2v) is 7.16. The number of ether oxygens (including phenoxy) is 1. The van der Waals surface area contributed by atoms with Gasteiger partial charge in [0.2, 0.25) is 5.91 Å². The largest absolute Gasteiger partial charge is 0.469 e. The van der Waals surface area contributed by atoms with Crippen molar-refractivity contribution in [2.45, 2.75) is 44.9 Å². The third-order valence-corrected chi connectivity index (χ3v) is 5.51. The van der Waals surface area contributed by atoms with Gasteiger partial charge in [-0.25, -0.2) is 4.98 Å². The molecule has 0 fully saturated rings. The van der Waals surface area contributed by atoms with Crippen molar-refractivity contribution < 1.29 is 14.3 Å². The Hall–Kier alpha value is -2.22. The Bertz CT molecular complexity index is 855. The smallest absolute Gasteiger partial charge is 0.305 e. The number of hydrogen-bond donors (Lipinski definition) is 2. The number of esters is 1. The molecule has 0 atom stereocenters. The lowest BCUT2D eigenvalue weighted by molar-refractivity contribution is -0.140. The van der Waals surface area contributed by atoms with E-state index in [1.807, 2.05) is 0 Å². The predicted octanol–water partition coefficient (Wildman–Crippen LogP) is 1.48. The maximum Gasteiger partial charge on any atom is 0.305 e. The number of thiophene rings is 1. The Morgan fingerprint density at radius 3 is 2.96 bits per heavy atom. The summed E-state index contributed by atoms with van der Waals surface area (Å²) in [6, 6.07) is 0. The number of rotatable bonds is 7. The van der Waals surface area contributed by atoms with Crippen LogP contribution in [-0.2, 0) is 33.6 Å². The molecule has 0 radical (unpaired) electrons. The number of fused-ring (bicyclic) bond motifs is 3. The molecule has 8 heteroatoms. The average Bonchev–Trinajstić information content (AvgIpc) is 3.17. The molecule has 0 saturated heterocycles. The Balaban J connectivity index is 1.54. The number of carbonyl (C=O) groups excluding carboxylic acids is 2. The van der Waals surface area contributed by atoms with Gasteiger partial charge >= 0.3 is 5.97 Å². The molecule has 2 aromatic rings. The molecule has 2 heterocycles. The van der Waals surface area contributed by atoms with Crippen LogP contribution in [-0.4, -0.2) is 35.5 Å². The fourth-order valence-corrected chi connectivity index (χ4v) is 4.33. The zero-order valence-corrected chi connectivity index (χ0v) is 15.0. The number of amides is 1. The van der Waals surface area contributed by atoms with Gasteiger partial charge in [0.1, 0.15) is 10.7 Å². The van der Waals surface area contributed by atoms with Gasteiger partial charge in [0.25, 0.3) is 5.56 Å². The molecule has 25 heavy (non-hydrogen) atoms. The van der Waals surface area contributed by atoms with E-state index in [9.17, 15) is 14.4 Å². The minimum Gasteiger partial charge on any atom is -0.469 e. The first kappa shape index (κ1) is 17.6. The third kappa shape index (κ3) is 4.07. The summed E-state index contributed by atoms with van der Waals surface area (Å²) in [6.07, 6.45) is 4.54. The molecule has 1 amide bonds. The summed E-state index contributed by atoms with van der Waals surface area (Å²) in [5.74, 6) is 0.135. The molecule has 0 aromatic carbocycles. The van der Waals surface area contributed by atoms with Crippen LogP contribution in [0, 0.1) is 0 Å². The minimum absolute atomic E-state index is 0.0992. The SMILES string of the molecule is COC(=O)CCCNC(=O)CCc1nc2sc3c(c2c(=O)[nH]1)CCC3. The van der Waals surface area contributed by atoms with E-state index >= 15 is 0 Å². The minimum atomic E-state index is -0.285. The molecule has 0 aliphatic heterocycles. The van der Waals surface area contributed by atoms with Crippen LogP contribution in [0.2, 0.25) is 0 Å². The van der Waals surface area contributed by atoms with E-state index in [1.165, 1.54) is 12.0 Å². The molecular formula is C17H21N3O4S. The van der Waals surface area contributed by atoms with Gasteiger partial charge in [-0.2, -0.15) is 0 Å². The molecule has 1 aliphatic rings. The highest BCUT2D eigenvalue weighted by Crippen LogP contribution is 2.34. The van der Waals surface area contributed by atoms with Crippen molar-refractivity contribution >= 4 is 33.4 Å². The number of aromatic amines is 1. The van der Waals surface area contributed by atoms with Crippen LogP contribution in [0.5, 0.6) is 0 Å². The first-order valence-electron chi connectivity index (χ1n) is 8.45. The van der Waals surface area contributed by atoms with Gasteiger partial charge in [-0.1, -0.05) is 0 Å². The average molecular weight is 363 g/mol. The van der Waals surface area contributed by atoms with Gasteiger partial charge in [-0.3, -0.25) is 14.4 Å². The Morgan fingerprint density at radius 1 is 1.32 bits per heavy atom. The second-order valence-electron chi connectivity index (χ2n) is 6.08. The number of nitrogens with zero attached hydrogens (tertiary/aromatic N) is 1. The summed E-state index contributed by atoms with van der Waals surface area (Å²) >= 11 is 1.60. The van der Waals surface area contributed by atoms with Crippen molar-refractivity contribution in [3.8, 4) is 0 Å². The summed E-state index contributed by atoms with van der Waals surface area (Å²) < 4.78 is 4.54. The summed E-state index contributed by atoms with van der Waals surface area (Å²) in [5.41, 5.74) is 1.06. The molecule has 7 nitrogen and oxygen atoms in total. The molecule has 2 N–H and O–H groups in total. The van der Waals surface area contributed by atoms with Gasteiger partial charge in [0.15, 0.2) is 0 Å². The summed E-state index contributed by atoms with van der Waals surface area (Å²) in [6.45, 7) is 0.425. The lowest BCUT2D eigenvalue weighted by Gasteiger charge is -2.05. The fraction of sp³-hybridized carbons (Fsp3) is 0.529. The van der Waals surface area contributed by atoms with Gasteiger partial charge in [-0.05, 0) is 31.2 Å². The van der Waals surface area contributed by atoms with Gasteiger partial charge in [-0.15, -0.1) is 11.3 Å². The number of H-pyrrole nitrogens is 1. The highest BCUT2D eigenvalue weighted by Gasteiger charge is 2.21. The van der Waals surface area contributed by atoms with Gasteiger partial charge < -0.3 is 15.0 Å². The standard InChI is InChI=1S/C17H21N3O4S/c1-24-14(22)6-3-9-18-13(21)8-7-12-19-16(23)15-10-4-2-5-11(10)25-17(15)20-12/h2-9H2,1H3,(H,18,21)(H,19,20,23). The van der Waals surface area contributed by atoms with Crippen LogP contribution in [0.25, 0.3) is 10.2 Å². The highest BCUT2D eigenvalue weighted by atomic mass is 32.1. The predicted molar refractivity (Wildman–Crippen MR) is 94.8 cm³/mol. The number of methoxy groups -OCH3 is 1. The number of hydrogen-bond acceptors (Lipinski definition) is 6. The van der Waals surface area contributed by atoms with E-state index in [1.54, 1.807) is 11.3 Å². The molecule has 1 aliphatic carbocycles. The maximum absolute atomic E-state index is 12.3. The van der Waals surface area contributed by atoms with Crippen molar-refractivity contribution in [1.29, 1.82) is 0 Å². The number of carbonyl (C=O) groups is 2. The first-order chi connectivity index (χ1) is 12.1. The molecule has 134 valence electrons. The van der Waals surface area contributed by atoms with Crippen molar-refractivity contribution in [2.75, 3.05) is 13.7 Å². The zero-order valence-electron chi connectivity index (χ0n) is 14.1.